The summed E-state index contributed by atoms with van der Waals surface area (Å²) in [5.41, 5.74) is 2.64. The summed E-state index contributed by atoms with van der Waals surface area (Å²) in [4.78, 5) is 4.53. The highest BCUT2D eigenvalue weighted by Gasteiger charge is 2.22. The zero-order valence-electron chi connectivity index (χ0n) is 11.0. The Morgan fingerprint density at radius 1 is 1.16 bits per heavy atom. The molecule has 1 heterocycles. The Balaban J connectivity index is 1.84. The van der Waals surface area contributed by atoms with Gasteiger partial charge in [-0.25, -0.2) is 4.98 Å². The standard InChI is InChI=1S/C16H18N2O/c1-11-14(16(19)12-5-3-2-4-6-12)9-10-15(17-11)18-13-7-8-13/h2-6,9-10,13,16,19H,7-8H2,1H3,(H,17,18)/t16-/m0/s1. The second-order valence-electron chi connectivity index (χ2n) is 5.10. The monoisotopic (exact) mass is 254 g/mol. The summed E-state index contributed by atoms with van der Waals surface area (Å²) in [5.74, 6) is 0.906. The van der Waals surface area contributed by atoms with E-state index in [2.05, 4.69) is 10.3 Å². The number of aliphatic hydroxyl groups excluding tert-OH is 1. The summed E-state index contributed by atoms with van der Waals surface area (Å²) in [7, 11) is 0. The van der Waals surface area contributed by atoms with E-state index in [1.807, 2.05) is 49.4 Å². The van der Waals surface area contributed by atoms with Crippen LogP contribution in [0.5, 0.6) is 0 Å². The second kappa shape index (κ2) is 5.02. The second-order valence-corrected chi connectivity index (χ2v) is 5.10. The van der Waals surface area contributed by atoms with Crippen molar-refractivity contribution < 1.29 is 5.11 Å². The molecule has 1 saturated carbocycles. The summed E-state index contributed by atoms with van der Waals surface area (Å²) in [6.07, 6.45) is 1.85. The molecule has 0 bridgehead atoms. The quantitative estimate of drug-likeness (QED) is 0.881. The van der Waals surface area contributed by atoms with Crippen molar-refractivity contribution in [2.45, 2.75) is 31.9 Å². The zero-order valence-corrected chi connectivity index (χ0v) is 11.0. The molecular weight excluding hydrogens is 236 g/mol. The molecule has 1 aromatic heterocycles. The van der Waals surface area contributed by atoms with Crippen molar-refractivity contribution in [3.8, 4) is 0 Å². The lowest BCUT2D eigenvalue weighted by Gasteiger charge is -2.15. The molecule has 0 aliphatic heterocycles. The molecule has 0 radical (unpaired) electrons. The van der Waals surface area contributed by atoms with Gasteiger partial charge in [0.1, 0.15) is 11.9 Å². The van der Waals surface area contributed by atoms with Gasteiger partial charge in [-0.1, -0.05) is 36.4 Å². The van der Waals surface area contributed by atoms with Gasteiger partial charge in [0.2, 0.25) is 0 Å². The average molecular weight is 254 g/mol. The van der Waals surface area contributed by atoms with Crippen molar-refractivity contribution in [3.63, 3.8) is 0 Å². The molecule has 2 N–H and O–H groups in total. The van der Waals surface area contributed by atoms with Crippen molar-refractivity contribution in [3.05, 3.63) is 59.3 Å². The maximum absolute atomic E-state index is 10.4. The van der Waals surface area contributed by atoms with Gasteiger partial charge in [-0.2, -0.15) is 0 Å². The first-order chi connectivity index (χ1) is 9.24. The van der Waals surface area contributed by atoms with Crippen LogP contribution < -0.4 is 5.32 Å². The highest BCUT2D eigenvalue weighted by atomic mass is 16.3. The fraction of sp³-hybridized carbons (Fsp3) is 0.312. The molecule has 19 heavy (non-hydrogen) atoms. The van der Waals surface area contributed by atoms with E-state index in [-0.39, 0.29) is 0 Å². The molecule has 0 unspecified atom stereocenters. The van der Waals surface area contributed by atoms with Crippen LogP contribution in [0.1, 0.15) is 35.8 Å². The number of nitrogens with one attached hydrogen (secondary N) is 1. The minimum Gasteiger partial charge on any atom is -0.384 e. The molecule has 1 aliphatic rings. The minimum atomic E-state index is -0.608. The summed E-state index contributed by atoms with van der Waals surface area (Å²) in [5, 5.41) is 13.8. The van der Waals surface area contributed by atoms with Crippen molar-refractivity contribution >= 4 is 5.82 Å². The van der Waals surface area contributed by atoms with Gasteiger partial charge >= 0.3 is 0 Å². The van der Waals surface area contributed by atoms with Crippen LogP contribution in [0.15, 0.2) is 42.5 Å². The Kier molecular flexibility index (Phi) is 3.22. The number of aliphatic hydroxyl groups is 1. The van der Waals surface area contributed by atoms with Crippen LogP contribution >= 0.6 is 0 Å². The summed E-state index contributed by atoms with van der Waals surface area (Å²) in [6.45, 7) is 1.94. The van der Waals surface area contributed by atoms with E-state index in [1.165, 1.54) is 12.8 Å². The Hall–Kier alpha value is -1.87. The molecule has 2 aromatic rings. The maximum Gasteiger partial charge on any atom is 0.126 e. The fourth-order valence-corrected chi connectivity index (χ4v) is 2.19. The number of nitrogens with zero attached hydrogens (tertiary/aromatic N) is 1. The fourth-order valence-electron chi connectivity index (χ4n) is 2.19. The molecule has 0 spiro atoms. The van der Waals surface area contributed by atoms with Crippen LogP contribution in [0, 0.1) is 6.92 Å². The maximum atomic E-state index is 10.4. The minimum absolute atomic E-state index is 0.594. The Morgan fingerprint density at radius 3 is 2.53 bits per heavy atom. The lowest BCUT2D eigenvalue weighted by molar-refractivity contribution is 0.219. The normalized spacial score (nSPS) is 16.1. The van der Waals surface area contributed by atoms with Gasteiger partial charge in [-0.3, -0.25) is 0 Å². The molecule has 3 heteroatoms. The zero-order chi connectivity index (χ0) is 13.2. The van der Waals surface area contributed by atoms with E-state index in [9.17, 15) is 5.11 Å². The first kappa shape index (κ1) is 12.2. The molecule has 0 amide bonds. The van der Waals surface area contributed by atoms with Gasteiger partial charge in [0.25, 0.3) is 0 Å². The molecular formula is C16H18N2O. The highest BCUT2D eigenvalue weighted by molar-refractivity contribution is 5.43. The number of benzene rings is 1. The smallest absolute Gasteiger partial charge is 0.126 e. The number of anilines is 1. The Labute approximate surface area is 113 Å². The van der Waals surface area contributed by atoms with Crippen molar-refractivity contribution in [1.82, 2.24) is 4.98 Å². The molecule has 1 fully saturated rings. The predicted octanol–water partition coefficient (Wildman–Crippen LogP) is 3.05. The number of pyridine rings is 1. The molecule has 3 rings (SSSR count). The van der Waals surface area contributed by atoms with E-state index < -0.39 is 6.10 Å². The molecule has 1 aromatic carbocycles. The molecule has 3 nitrogen and oxygen atoms in total. The highest BCUT2D eigenvalue weighted by Crippen LogP contribution is 2.27. The largest absolute Gasteiger partial charge is 0.384 e. The molecule has 1 aliphatic carbocycles. The summed E-state index contributed by atoms with van der Waals surface area (Å²) < 4.78 is 0. The van der Waals surface area contributed by atoms with Gasteiger partial charge in [-0.15, -0.1) is 0 Å². The van der Waals surface area contributed by atoms with Crippen LogP contribution in [0.25, 0.3) is 0 Å². The van der Waals surface area contributed by atoms with Gasteiger partial charge < -0.3 is 10.4 Å². The van der Waals surface area contributed by atoms with Crippen LogP contribution in [0.4, 0.5) is 5.82 Å². The van der Waals surface area contributed by atoms with Gasteiger partial charge in [-0.05, 0) is 31.4 Å². The third-order valence-corrected chi connectivity index (χ3v) is 3.47. The third kappa shape index (κ3) is 2.76. The van der Waals surface area contributed by atoms with E-state index in [0.717, 1.165) is 22.6 Å². The van der Waals surface area contributed by atoms with Crippen molar-refractivity contribution in [2.24, 2.45) is 0 Å². The van der Waals surface area contributed by atoms with E-state index in [4.69, 9.17) is 0 Å². The van der Waals surface area contributed by atoms with E-state index in [1.54, 1.807) is 0 Å². The lowest BCUT2D eigenvalue weighted by Crippen LogP contribution is -2.07. The van der Waals surface area contributed by atoms with Crippen molar-refractivity contribution in [1.29, 1.82) is 0 Å². The first-order valence-electron chi connectivity index (χ1n) is 6.71. The summed E-state index contributed by atoms with van der Waals surface area (Å²) >= 11 is 0. The first-order valence-corrected chi connectivity index (χ1v) is 6.71. The van der Waals surface area contributed by atoms with Gasteiger partial charge in [0, 0.05) is 17.3 Å². The Bertz CT molecular complexity index is 564. The van der Waals surface area contributed by atoms with Crippen molar-refractivity contribution in [2.75, 3.05) is 5.32 Å². The topological polar surface area (TPSA) is 45.2 Å². The van der Waals surface area contributed by atoms with Gasteiger partial charge in [0.05, 0.1) is 0 Å². The van der Waals surface area contributed by atoms with E-state index in [0.29, 0.717) is 6.04 Å². The van der Waals surface area contributed by atoms with Crippen LogP contribution in [0.3, 0.4) is 0 Å². The average Bonchev–Trinajstić information content (AvgIpc) is 3.23. The molecule has 98 valence electrons. The van der Waals surface area contributed by atoms with Crippen LogP contribution in [0.2, 0.25) is 0 Å². The van der Waals surface area contributed by atoms with Crippen LogP contribution in [-0.2, 0) is 0 Å². The summed E-state index contributed by atoms with van der Waals surface area (Å²) in [6, 6.07) is 14.2. The molecule has 0 saturated heterocycles. The number of aryl methyl sites for hydroxylation is 1. The number of rotatable bonds is 4. The predicted molar refractivity (Wildman–Crippen MR) is 76.1 cm³/mol. The molecule has 1 atom stereocenters. The Morgan fingerprint density at radius 2 is 1.89 bits per heavy atom. The third-order valence-electron chi connectivity index (χ3n) is 3.47. The lowest BCUT2D eigenvalue weighted by atomic mass is 10.0. The number of hydrogen-bond donors (Lipinski definition) is 2. The van der Waals surface area contributed by atoms with E-state index >= 15 is 0 Å². The number of hydrogen-bond acceptors (Lipinski definition) is 3. The number of aromatic nitrogens is 1. The SMILES string of the molecule is Cc1nc(NC2CC2)ccc1[C@@H](O)c1ccccc1. The van der Waals surface area contributed by atoms with Gasteiger partial charge in [0.15, 0.2) is 0 Å². The van der Waals surface area contributed by atoms with Crippen LogP contribution in [-0.4, -0.2) is 16.1 Å².